The molecule has 2 N–H and O–H groups in total. The Kier molecular flexibility index (Phi) is 4.78. The van der Waals surface area contributed by atoms with Crippen LogP contribution in [0.5, 0.6) is 0 Å². The molecule has 8 heteroatoms. The Balaban J connectivity index is 1.78. The first kappa shape index (κ1) is 17.1. The number of carbonyl (C=O) groups is 1. The highest BCUT2D eigenvalue weighted by atomic mass is 19.1. The van der Waals surface area contributed by atoms with Crippen LogP contribution in [0.4, 0.5) is 26.2 Å². The Bertz CT molecular complexity index is 792. The van der Waals surface area contributed by atoms with Crippen LogP contribution < -0.4 is 10.2 Å². The van der Waals surface area contributed by atoms with Crippen molar-refractivity contribution in [2.24, 2.45) is 5.92 Å². The molecule has 2 heterocycles. The smallest absolute Gasteiger partial charge is 0.306 e. The van der Waals surface area contributed by atoms with Crippen LogP contribution in [0, 0.1) is 24.5 Å². The number of aryl methyl sites for hydroxylation is 1. The molecule has 1 saturated heterocycles. The number of halogens is 2. The number of piperidine rings is 1. The molecule has 0 bridgehead atoms. The molecule has 1 aromatic heterocycles. The molecule has 25 heavy (non-hydrogen) atoms. The predicted octanol–water partition coefficient (Wildman–Crippen LogP) is 3.11. The van der Waals surface area contributed by atoms with Crippen molar-refractivity contribution < 1.29 is 18.7 Å². The van der Waals surface area contributed by atoms with Gasteiger partial charge in [0.05, 0.1) is 11.6 Å². The second-order valence-corrected chi connectivity index (χ2v) is 6.04. The van der Waals surface area contributed by atoms with E-state index in [-0.39, 0.29) is 17.6 Å². The molecule has 0 saturated carbocycles. The van der Waals surface area contributed by atoms with Crippen molar-refractivity contribution in [3.05, 3.63) is 41.6 Å². The van der Waals surface area contributed by atoms with Crippen LogP contribution in [0.25, 0.3) is 0 Å². The third-order valence-electron chi connectivity index (χ3n) is 4.19. The van der Waals surface area contributed by atoms with Gasteiger partial charge in [0.2, 0.25) is 5.95 Å². The average Bonchev–Trinajstić information content (AvgIpc) is 2.57. The van der Waals surface area contributed by atoms with Gasteiger partial charge in [-0.3, -0.25) is 4.79 Å². The van der Waals surface area contributed by atoms with Crippen LogP contribution in [0.1, 0.15) is 18.5 Å². The first-order chi connectivity index (χ1) is 11.9. The van der Waals surface area contributed by atoms with Crippen molar-refractivity contribution in [3.63, 3.8) is 0 Å². The van der Waals surface area contributed by atoms with E-state index in [1.165, 1.54) is 6.07 Å². The lowest BCUT2D eigenvalue weighted by atomic mass is 9.97. The van der Waals surface area contributed by atoms with Gasteiger partial charge in [0.25, 0.3) is 0 Å². The molecule has 1 aliphatic heterocycles. The number of hydrogen-bond acceptors (Lipinski definition) is 5. The zero-order valence-electron chi connectivity index (χ0n) is 13.7. The summed E-state index contributed by atoms with van der Waals surface area (Å²) in [5, 5.41) is 11.8. The number of anilines is 3. The first-order valence-electron chi connectivity index (χ1n) is 7.98. The van der Waals surface area contributed by atoms with Crippen LogP contribution in [-0.4, -0.2) is 34.1 Å². The van der Waals surface area contributed by atoms with Crippen LogP contribution in [0.15, 0.2) is 24.3 Å². The Morgan fingerprint density at radius 1 is 1.24 bits per heavy atom. The van der Waals surface area contributed by atoms with E-state index in [1.807, 2.05) is 4.90 Å². The number of nitrogens with one attached hydrogen (secondary N) is 1. The highest BCUT2D eigenvalue weighted by molar-refractivity contribution is 5.70. The summed E-state index contributed by atoms with van der Waals surface area (Å²) in [6.45, 7) is 2.96. The largest absolute Gasteiger partial charge is 0.481 e. The molecule has 1 aromatic carbocycles. The number of aliphatic carboxylic acids is 1. The molecule has 6 nitrogen and oxygen atoms in total. The minimum Gasteiger partial charge on any atom is -0.481 e. The fourth-order valence-corrected chi connectivity index (χ4v) is 2.84. The topological polar surface area (TPSA) is 78.4 Å². The standard InChI is InChI=1S/C17H18F2N4O2/c1-10-8-15(23-6-4-11(5-7-23)16(24)25)22-17(20-10)21-14-3-2-12(18)9-13(14)19/h2-3,8-9,11H,4-7H2,1H3,(H,24,25)(H,20,21,22). The minimum absolute atomic E-state index is 0.0857. The van der Waals surface area contributed by atoms with Crippen molar-refractivity contribution in [1.82, 2.24) is 9.97 Å². The maximum atomic E-state index is 13.8. The second kappa shape index (κ2) is 7.00. The maximum Gasteiger partial charge on any atom is 0.306 e. The molecule has 0 amide bonds. The predicted molar refractivity (Wildman–Crippen MR) is 89.0 cm³/mol. The summed E-state index contributed by atoms with van der Waals surface area (Å²) in [6.07, 6.45) is 1.10. The Labute approximate surface area is 143 Å². The van der Waals surface area contributed by atoms with E-state index >= 15 is 0 Å². The number of nitrogens with zero attached hydrogens (tertiary/aromatic N) is 3. The second-order valence-electron chi connectivity index (χ2n) is 6.04. The maximum absolute atomic E-state index is 13.8. The zero-order valence-corrected chi connectivity index (χ0v) is 13.7. The van der Waals surface area contributed by atoms with Crippen LogP contribution in [-0.2, 0) is 4.79 Å². The van der Waals surface area contributed by atoms with Gasteiger partial charge >= 0.3 is 5.97 Å². The van der Waals surface area contributed by atoms with E-state index in [4.69, 9.17) is 5.11 Å². The fourth-order valence-electron chi connectivity index (χ4n) is 2.84. The Morgan fingerprint density at radius 2 is 1.96 bits per heavy atom. The van der Waals surface area contributed by atoms with Gasteiger partial charge in [0, 0.05) is 30.9 Å². The van der Waals surface area contributed by atoms with Crippen LogP contribution in [0.2, 0.25) is 0 Å². The summed E-state index contributed by atoms with van der Waals surface area (Å²) in [5.74, 6) is -1.62. The summed E-state index contributed by atoms with van der Waals surface area (Å²) in [5.41, 5.74) is 0.776. The van der Waals surface area contributed by atoms with Gasteiger partial charge < -0.3 is 15.3 Å². The van der Waals surface area contributed by atoms with Crippen molar-refractivity contribution in [1.29, 1.82) is 0 Å². The summed E-state index contributed by atoms with van der Waals surface area (Å²) >= 11 is 0. The van der Waals surface area contributed by atoms with E-state index in [0.717, 1.165) is 12.1 Å². The van der Waals surface area contributed by atoms with E-state index in [0.29, 0.717) is 37.4 Å². The molecular formula is C17H18F2N4O2. The Hall–Kier alpha value is -2.77. The number of carboxylic acid groups (broad SMARTS) is 1. The number of carboxylic acids is 1. The quantitative estimate of drug-likeness (QED) is 0.884. The van der Waals surface area contributed by atoms with E-state index in [2.05, 4.69) is 15.3 Å². The van der Waals surface area contributed by atoms with Crippen molar-refractivity contribution in [2.45, 2.75) is 19.8 Å². The van der Waals surface area contributed by atoms with Gasteiger partial charge in [-0.2, -0.15) is 4.98 Å². The summed E-state index contributed by atoms with van der Waals surface area (Å²) in [7, 11) is 0. The van der Waals surface area contributed by atoms with Gasteiger partial charge in [-0.15, -0.1) is 0 Å². The molecule has 2 aromatic rings. The van der Waals surface area contributed by atoms with Crippen molar-refractivity contribution in [2.75, 3.05) is 23.3 Å². The molecule has 0 unspecified atom stereocenters. The molecule has 0 aliphatic carbocycles. The van der Waals surface area contributed by atoms with E-state index < -0.39 is 17.6 Å². The summed E-state index contributed by atoms with van der Waals surface area (Å²) in [6, 6.07) is 5.02. The normalized spacial score (nSPS) is 15.2. The lowest BCUT2D eigenvalue weighted by Crippen LogP contribution is -2.36. The number of hydrogen-bond donors (Lipinski definition) is 2. The minimum atomic E-state index is -0.771. The van der Waals surface area contributed by atoms with Gasteiger partial charge in [0.15, 0.2) is 0 Å². The fraction of sp³-hybridized carbons (Fsp3) is 0.353. The van der Waals surface area contributed by atoms with Crippen molar-refractivity contribution in [3.8, 4) is 0 Å². The average molecular weight is 348 g/mol. The molecule has 3 rings (SSSR count). The lowest BCUT2D eigenvalue weighted by Gasteiger charge is -2.31. The number of aromatic nitrogens is 2. The third-order valence-corrected chi connectivity index (χ3v) is 4.19. The molecule has 0 radical (unpaired) electrons. The van der Waals surface area contributed by atoms with E-state index in [9.17, 15) is 13.6 Å². The molecule has 0 spiro atoms. The Morgan fingerprint density at radius 3 is 2.60 bits per heavy atom. The van der Waals surface area contributed by atoms with Gasteiger partial charge in [0.1, 0.15) is 17.5 Å². The highest BCUT2D eigenvalue weighted by Gasteiger charge is 2.25. The van der Waals surface area contributed by atoms with Gasteiger partial charge in [-0.1, -0.05) is 0 Å². The summed E-state index contributed by atoms with van der Waals surface area (Å²) in [4.78, 5) is 21.6. The van der Waals surface area contributed by atoms with Crippen molar-refractivity contribution >= 4 is 23.4 Å². The van der Waals surface area contributed by atoms with Crippen LogP contribution >= 0.6 is 0 Å². The van der Waals surface area contributed by atoms with Gasteiger partial charge in [-0.25, -0.2) is 13.8 Å². The molecule has 132 valence electrons. The lowest BCUT2D eigenvalue weighted by molar-refractivity contribution is -0.142. The highest BCUT2D eigenvalue weighted by Crippen LogP contribution is 2.25. The van der Waals surface area contributed by atoms with Gasteiger partial charge in [-0.05, 0) is 31.9 Å². The monoisotopic (exact) mass is 348 g/mol. The molecule has 0 atom stereocenters. The number of benzene rings is 1. The SMILES string of the molecule is Cc1cc(N2CCC(C(=O)O)CC2)nc(Nc2ccc(F)cc2F)n1. The third kappa shape index (κ3) is 4.01. The molecule has 1 fully saturated rings. The molecule has 1 aliphatic rings. The zero-order chi connectivity index (χ0) is 18.0. The van der Waals surface area contributed by atoms with Crippen LogP contribution in [0.3, 0.4) is 0 Å². The first-order valence-corrected chi connectivity index (χ1v) is 7.98. The number of rotatable bonds is 4. The summed E-state index contributed by atoms with van der Waals surface area (Å²) < 4.78 is 26.8. The van der Waals surface area contributed by atoms with E-state index in [1.54, 1.807) is 13.0 Å². The molecular weight excluding hydrogens is 330 g/mol.